The molecular formula is C20H18O. The Morgan fingerprint density at radius 1 is 0.857 bits per heavy atom. The zero-order chi connectivity index (χ0) is 14.4. The molecule has 0 aliphatic heterocycles. The van der Waals surface area contributed by atoms with Gasteiger partial charge in [0.2, 0.25) is 0 Å². The van der Waals surface area contributed by atoms with E-state index in [1.54, 1.807) is 0 Å². The summed E-state index contributed by atoms with van der Waals surface area (Å²) in [7, 11) is 0. The van der Waals surface area contributed by atoms with Gasteiger partial charge in [0.05, 0.1) is 0 Å². The lowest BCUT2D eigenvalue weighted by Gasteiger charge is -2.15. The monoisotopic (exact) mass is 274 g/mol. The molecule has 0 spiro atoms. The lowest BCUT2D eigenvalue weighted by atomic mass is 9.93. The maximum Gasteiger partial charge on any atom is 0.105 e. The summed E-state index contributed by atoms with van der Waals surface area (Å²) in [4.78, 5) is 0. The Balaban J connectivity index is 1.89. The maximum atomic E-state index is 10.8. The molecule has 0 fully saturated rings. The Bertz CT molecular complexity index is 805. The molecule has 1 aliphatic rings. The van der Waals surface area contributed by atoms with Gasteiger partial charge < -0.3 is 5.11 Å². The molecule has 3 aromatic rings. The Morgan fingerprint density at radius 3 is 2.33 bits per heavy atom. The third kappa shape index (κ3) is 1.97. The molecule has 3 aromatic carbocycles. The first-order valence-electron chi connectivity index (χ1n) is 7.52. The van der Waals surface area contributed by atoms with Crippen LogP contribution in [0.15, 0.2) is 54.6 Å². The molecule has 104 valence electrons. The molecule has 0 unspecified atom stereocenters. The molecule has 21 heavy (non-hydrogen) atoms. The molecule has 1 heteroatoms. The highest BCUT2D eigenvalue weighted by Gasteiger charge is 2.19. The van der Waals surface area contributed by atoms with Crippen molar-refractivity contribution in [1.82, 2.24) is 0 Å². The van der Waals surface area contributed by atoms with E-state index in [2.05, 4.69) is 49.4 Å². The smallest absolute Gasteiger partial charge is 0.105 e. The van der Waals surface area contributed by atoms with Gasteiger partial charge in [0.25, 0.3) is 0 Å². The predicted molar refractivity (Wildman–Crippen MR) is 86.6 cm³/mol. The van der Waals surface area contributed by atoms with E-state index in [0.29, 0.717) is 0 Å². The van der Waals surface area contributed by atoms with Gasteiger partial charge in [-0.25, -0.2) is 0 Å². The second-order valence-electron chi connectivity index (χ2n) is 5.97. The summed E-state index contributed by atoms with van der Waals surface area (Å²) in [5.74, 6) is 0. The quantitative estimate of drug-likeness (QED) is 0.737. The van der Waals surface area contributed by atoms with E-state index in [9.17, 15) is 5.11 Å². The summed E-state index contributed by atoms with van der Waals surface area (Å²) < 4.78 is 0. The number of benzene rings is 3. The third-order valence-electron chi connectivity index (χ3n) is 4.60. The summed E-state index contributed by atoms with van der Waals surface area (Å²) in [5.41, 5.74) is 6.02. The predicted octanol–water partition coefficient (Wildman–Crippen LogP) is 4.33. The summed E-state index contributed by atoms with van der Waals surface area (Å²) >= 11 is 0. The number of aryl methyl sites for hydroxylation is 3. The fourth-order valence-corrected chi connectivity index (χ4v) is 3.44. The highest BCUT2D eigenvalue weighted by molar-refractivity contribution is 5.93. The largest absolute Gasteiger partial charge is 0.384 e. The molecular weight excluding hydrogens is 256 g/mol. The molecule has 0 heterocycles. The van der Waals surface area contributed by atoms with Crippen molar-refractivity contribution in [3.63, 3.8) is 0 Å². The minimum absolute atomic E-state index is 0.560. The Morgan fingerprint density at radius 2 is 1.57 bits per heavy atom. The number of rotatable bonds is 2. The molecule has 0 saturated carbocycles. The summed E-state index contributed by atoms with van der Waals surface area (Å²) in [6.45, 7) is 2.06. The molecule has 1 nitrogen and oxygen atoms in total. The lowest BCUT2D eigenvalue weighted by molar-refractivity contribution is 0.222. The molecule has 1 atom stereocenters. The molecule has 0 aromatic heterocycles. The van der Waals surface area contributed by atoms with Gasteiger partial charge in [-0.15, -0.1) is 0 Å². The highest BCUT2D eigenvalue weighted by atomic mass is 16.3. The van der Waals surface area contributed by atoms with Gasteiger partial charge in [-0.3, -0.25) is 0 Å². The van der Waals surface area contributed by atoms with Crippen molar-refractivity contribution in [2.45, 2.75) is 25.9 Å². The van der Waals surface area contributed by atoms with Crippen molar-refractivity contribution >= 4 is 10.8 Å². The molecule has 4 rings (SSSR count). The SMILES string of the molecule is Cc1ccc([C@H](O)c2ccc3c4c(cccc24)CC3)cc1. The summed E-state index contributed by atoms with van der Waals surface area (Å²) in [6.07, 6.45) is 1.68. The second kappa shape index (κ2) is 4.71. The van der Waals surface area contributed by atoms with E-state index in [0.717, 1.165) is 24.0 Å². The molecule has 0 bridgehead atoms. The molecule has 0 saturated heterocycles. The van der Waals surface area contributed by atoms with Crippen molar-refractivity contribution in [1.29, 1.82) is 0 Å². The standard InChI is InChI=1S/C20H18O/c1-13-5-7-16(8-6-13)20(21)18-12-11-15-10-9-14-3-2-4-17(18)19(14)15/h2-8,11-12,20-21H,9-10H2,1H3/t20-/m0/s1. The van der Waals surface area contributed by atoms with Gasteiger partial charge in [0.1, 0.15) is 6.10 Å². The molecule has 0 radical (unpaired) electrons. The van der Waals surface area contributed by atoms with Gasteiger partial charge in [-0.05, 0) is 52.8 Å². The summed E-state index contributed by atoms with van der Waals surface area (Å²) in [6, 6.07) is 18.9. The van der Waals surface area contributed by atoms with Crippen LogP contribution in [0.25, 0.3) is 10.8 Å². The van der Waals surface area contributed by atoms with Crippen LogP contribution >= 0.6 is 0 Å². The van der Waals surface area contributed by atoms with Crippen LogP contribution in [0.2, 0.25) is 0 Å². The van der Waals surface area contributed by atoms with Crippen LogP contribution in [0.3, 0.4) is 0 Å². The van der Waals surface area contributed by atoms with Crippen molar-refractivity contribution in [3.8, 4) is 0 Å². The molecule has 1 aliphatic carbocycles. The third-order valence-corrected chi connectivity index (χ3v) is 4.60. The van der Waals surface area contributed by atoms with Crippen molar-refractivity contribution in [3.05, 3.63) is 82.4 Å². The van der Waals surface area contributed by atoms with Crippen LogP contribution in [-0.4, -0.2) is 5.11 Å². The van der Waals surface area contributed by atoms with E-state index < -0.39 is 6.10 Å². The van der Waals surface area contributed by atoms with E-state index >= 15 is 0 Å². The fourth-order valence-electron chi connectivity index (χ4n) is 3.44. The zero-order valence-corrected chi connectivity index (χ0v) is 12.1. The van der Waals surface area contributed by atoms with Crippen molar-refractivity contribution in [2.75, 3.05) is 0 Å². The first-order chi connectivity index (χ1) is 10.2. The van der Waals surface area contributed by atoms with E-state index in [1.165, 1.54) is 27.5 Å². The number of aliphatic hydroxyl groups excluding tert-OH is 1. The highest BCUT2D eigenvalue weighted by Crippen LogP contribution is 2.36. The first kappa shape index (κ1) is 12.6. The lowest BCUT2D eigenvalue weighted by Crippen LogP contribution is -2.01. The van der Waals surface area contributed by atoms with Gasteiger partial charge in [0, 0.05) is 0 Å². The number of aliphatic hydroxyl groups is 1. The Hall–Kier alpha value is -2.12. The Kier molecular flexibility index (Phi) is 2.83. The van der Waals surface area contributed by atoms with Crippen LogP contribution in [0.1, 0.15) is 33.9 Å². The van der Waals surface area contributed by atoms with Crippen LogP contribution in [0.4, 0.5) is 0 Å². The minimum atomic E-state index is -0.560. The Labute approximate surface area is 124 Å². The average Bonchev–Trinajstić information content (AvgIpc) is 2.93. The van der Waals surface area contributed by atoms with Gasteiger partial charge in [0.15, 0.2) is 0 Å². The number of hydrogen-bond acceptors (Lipinski definition) is 1. The van der Waals surface area contributed by atoms with E-state index in [1.807, 2.05) is 12.1 Å². The average molecular weight is 274 g/mol. The molecule has 0 amide bonds. The zero-order valence-electron chi connectivity index (χ0n) is 12.1. The van der Waals surface area contributed by atoms with Crippen LogP contribution in [-0.2, 0) is 12.8 Å². The topological polar surface area (TPSA) is 20.2 Å². The normalized spacial score (nSPS) is 14.6. The van der Waals surface area contributed by atoms with Gasteiger partial charge in [-0.1, -0.05) is 60.2 Å². The van der Waals surface area contributed by atoms with E-state index in [4.69, 9.17) is 0 Å². The van der Waals surface area contributed by atoms with Gasteiger partial charge in [-0.2, -0.15) is 0 Å². The van der Waals surface area contributed by atoms with Gasteiger partial charge >= 0.3 is 0 Å². The second-order valence-corrected chi connectivity index (χ2v) is 5.97. The fraction of sp³-hybridized carbons (Fsp3) is 0.200. The van der Waals surface area contributed by atoms with Crippen molar-refractivity contribution < 1.29 is 5.11 Å². The van der Waals surface area contributed by atoms with Crippen LogP contribution in [0.5, 0.6) is 0 Å². The first-order valence-corrected chi connectivity index (χ1v) is 7.52. The molecule has 1 N–H and O–H groups in total. The van der Waals surface area contributed by atoms with Crippen LogP contribution in [0, 0.1) is 6.92 Å². The minimum Gasteiger partial charge on any atom is -0.384 e. The maximum absolute atomic E-state index is 10.8. The summed E-state index contributed by atoms with van der Waals surface area (Å²) in [5, 5.41) is 13.3. The number of hydrogen-bond donors (Lipinski definition) is 1. The van der Waals surface area contributed by atoms with Crippen molar-refractivity contribution in [2.24, 2.45) is 0 Å². The van der Waals surface area contributed by atoms with E-state index in [-0.39, 0.29) is 0 Å². The van der Waals surface area contributed by atoms with Crippen LogP contribution < -0.4 is 0 Å².